The molecule has 0 aliphatic carbocycles. The van der Waals surface area contributed by atoms with Gasteiger partial charge in [-0.1, -0.05) is 25.1 Å². The van der Waals surface area contributed by atoms with Crippen molar-refractivity contribution in [3.63, 3.8) is 0 Å². The summed E-state index contributed by atoms with van der Waals surface area (Å²) in [7, 11) is 2.16. The lowest BCUT2D eigenvalue weighted by Crippen LogP contribution is -2.30. The van der Waals surface area contributed by atoms with Crippen LogP contribution >= 0.6 is 0 Å². The molecule has 0 saturated carbocycles. The van der Waals surface area contributed by atoms with Crippen molar-refractivity contribution in [2.75, 3.05) is 13.6 Å². The fraction of sp³-hybridized carbons (Fsp3) is 0.444. The number of hydrogen-bond donors (Lipinski definition) is 0. The monoisotopic (exact) mass is 444 g/mol. The SMILES string of the molecule is CCN1Cc2cncc(c2)CN(C)Cc2cncc(c2)CN(C(C)C)Cc2cncc(c2)C1. The third kappa shape index (κ3) is 6.67. The first-order chi connectivity index (χ1) is 16.0. The van der Waals surface area contributed by atoms with Crippen molar-refractivity contribution < 1.29 is 0 Å². The van der Waals surface area contributed by atoms with Crippen LogP contribution in [0.5, 0.6) is 0 Å². The van der Waals surface area contributed by atoms with Crippen LogP contribution in [0.1, 0.15) is 54.2 Å². The molecule has 6 nitrogen and oxygen atoms in total. The minimum absolute atomic E-state index is 0.426. The van der Waals surface area contributed by atoms with Crippen molar-refractivity contribution in [2.45, 2.75) is 66.1 Å². The lowest BCUT2D eigenvalue weighted by molar-refractivity contribution is 0.203. The summed E-state index contributed by atoms with van der Waals surface area (Å²) in [5.74, 6) is 0. The van der Waals surface area contributed by atoms with E-state index >= 15 is 0 Å². The smallest absolute Gasteiger partial charge is 0.0313 e. The van der Waals surface area contributed by atoms with Crippen molar-refractivity contribution in [3.05, 3.63) is 88.8 Å². The highest BCUT2D eigenvalue weighted by Gasteiger charge is 2.14. The van der Waals surface area contributed by atoms with Crippen LogP contribution in [-0.4, -0.2) is 49.3 Å². The molecule has 0 spiro atoms. The Bertz CT molecular complexity index is 1050. The fourth-order valence-corrected chi connectivity index (χ4v) is 4.51. The molecule has 0 unspecified atom stereocenters. The van der Waals surface area contributed by atoms with E-state index in [-0.39, 0.29) is 0 Å². The van der Waals surface area contributed by atoms with Crippen LogP contribution in [0, 0.1) is 0 Å². The number of rotatable bonds is 2. The Morgan fingerprint density at radius 2 is 1.00 bits per heavy atom. The Balaban J connectivity index is 1.68. The molecule has 4 rings (SSSR count). The van der Waals surface area contributed by atoms with E-state index in [2.05, 4.69) is 75.7 Å². The second kappa shape index (κ2) is 11.0. The van der Waals surface area contributed by atoms with Crippen LogP contribution < -0.4 is 0 Å². The summed E-state index contributed by atoms with van der Waals surface area (Å²) in [6.07, 6.45) is 12.0. The topological polar surface area (TPSA) is 48.4 Å². The lowest BCUT2D eigenvalue weighted by atomic mass is 10.1. The van der Waals surface area contributed by atoms with Gasteiger partial charge >= 0.3 is 0 Å². The quantitative estimate of drug-likeness (QED) is 0.589. The second-order valence-corrected chi connectivity index (χ2v) is 9.58. The maximum absolute atomic E-state index is 4.57. The first kappa shape index (κ1) is 23.5. The molecule has 0 N–H and O–H groups in total. The van der Waals surface area contributed by atoms with Gasteiger partial charge in [-0.3, -0.25) is 29.7 Å². The molecule has 1 aliphatic rings. The van der Waals surface area contributed by atoms with Gasteiger partial charge in [-0.15, -0.1) is 0 Å². The average Bonchev–Trinajstić information content (AvgIpc) is 2.78. The summed E-state index contributed by atoms with van der Waals surface area (Å²) in [5, 5.41) is 0. The van der Waals surface area contributed by atoms with Crippen molar-refractivity contribution in [3.8, 4) is 0 Å². The van der Waals surface area contributed by atoms with E-state index in [1.807, 2.05) is 37.2 Å². The molecule has 0 aromatic carbocycles. The van der Waals surface area contributed by atoms with E-state index in [0.717, 1.165) is 45.8 Å². The van der Waals surface area contributed by atoms with Crippen LogP contribution in [0.4, 0.5) is 0 Å². The van der Waals surface area contributed by atoms with Crippen LogP contribution in [0.25, 0.3) is 0 Å². The number of nitrogens with zero attached hydrogens (tertiary/aromatic N) is 6. The van der Waals surface area contributed by atoms with Gasteiger partial charge in [0.05, 0.1) is 0 Å². The summed E-state index contributed by atoms with van der Waals surface area (Å²) in [6, 6.07) is 7.33. The van der Waals surface area contributed by atoms with Crippen LogP contribution in [0.15, 0.2) is 55.4 Å². The van der Waals surface area contributed by atoms with E-state index in [1.165, 1.54) is 33.4 Å². The van der Waals surface area contributed by atoms with Crippen LogP contribution in [-0.2, 0) is 39.3 Å². The predicted molar refractivity (Wildman–Crippen MR) is 132 cm³/mol. The van der Waals surface area contributed by atoms with Crippen molar-refractivity contribution in [2.24, 2.45) is 0 Å². The molecule has 33 heavy (non-hydrogen) atoms. The van der Waals surface area contributed by atoms with Gasteiger partial charge < -0.3 is 0 Å². The first-order valence-corrected chi connectivity index (χ1v) is 11.9. The minimum atomic E-state index is 0.426. The standard InChI is InChI=1S/C27H36N6/c1-5-32-17-24-6-22(9-28-11-24)15-31(4)16-23-7-26(13-29-10-23)19-33(21(2)3)20-27-8-25(18-32)12-30-14-27/h6-14,21H,5,15-20H2,1-4H3. The minimum Gasteiger partial charge on any atom is -0.298 e. The summed E-state index contributed by atoms with van der Waals surface area (Å²) in [6.45, 7) is 13.0. The molecule has 6 bridgehead atoms. The van der Waals surface area contributed by atoms with E-state index in [4.69, 9.17) is 0 Å². The highest BCUT2D eigenvalue weighted by molar-refractivity contribution is 5.22. The molecule has 174 valence electrons. The third-order valence-electron chi connectivity index (χ3n) is 6.22. The van der Waals surface area contributed by atoms with E-state index in [1.54, 1.807) is 0 Å². The Hall–Kier alpha value is -2.67. The van der Waals surface area contributed by atoms with E-state index < -0.39 is 0 Å². The predicted octanol–water partition coefficient (Wildman–Crippen LogP) is 4.25. The zero-order valence-electron chi connectivity index (χ0n) is 20.4. The summed E-state index contributed by atoms with van der Waals surface area (Å²) >= 11 is 0. The fourth-order valence-electron chi connectivity index (χ4n) is 4.51. The Kier molecular flexibility index (Phi) is 7.81. The number of hydrogen-bond acceptors (Lipinski definition) is 6. The molecule has 0 atom stereocenters. The highest BCUT2D eigenvalue weighted by Crippen LogP contribution is 2.18. The van der Waals surface area contributed by atoms with Gasteiger partial charge in [0.15, 0.2) is 0 Å². The number of fused-ring (bicyclic) bond motifs is 6. The average molecular weight is 445 g/mol. The van der Waals surface area contributed by atoms with Crippen molar-refractivity contribution >= 4 is 0 Å². The number of pyridine rings is 3. The van der Waals surface area contributed by atoms with E-state index in [0.29, 0.717) is 6.04 Å². The Morgan fingerprint density at radius 3 is 1.36 bits per heavy atom. The molecule has 0 fully saturated rings. The van der Waals surface area contributed by atoms with Crippen LogP contribution in [0.3, 0.4) is 0 Å². The zero-order valence-corrected chi connectivity index (χ0v) is 20.4. The molecule has 1 aliphatic heterocycles. The van der Waals surface area contributed by atoms with Gasteiger partial charge in [0.25, 0.3) is 0 Å². The van der Waals surface area contributed by atoms with Gasteiger partial charge in [0.1, 0.15) is 0 Å². The largest absolute Gasteiger partial charge is 0.298 e. The summed E-state index contributed by atoms with van der Waals surface area (Å²) in [4.78, 5) is 20.9. The van der Waals surface area contributed by atoms with Gasteiger partial charge in [-0.2, -0.15) is 0 Å². The molecular formula is C27H36N6. The van der Waals surface area contributed by atoms with Gasteiger partial charge in [-0.25, -0.2) is 0 Å². The zero-order chi connectivity index (χ0) is 23.2. The first-order valence-electron chi connectivity index (χ1n) is 11.9. The maximum atomic E-state index is 4.57. The van der Waals surface area contributed by atoms with Gasteiger partial charge in [0.2, 0.25) is 0 Å². The third-order valence-corrected chi connectivity index (χ3v) is 6.22. The van der Waals surface area contributed by atoms with E-state index in [9.17, 15) is 0 Å². The molecule has 0 radical (unpaired) electrons. The normalized spacial score (nSPS) is 17.0. The molecule has 0 amide bonds. The van der Waals surface area contributed by atoms with Crippen molar-refractivity contribution in [1.82, 2.24) is 29.7 Å². The molecule has 0 saturated heterocycles. The summed E-state index contributed by atoms with van der Waals surface area (Å²) < 4.78 is 0. The Labute approximate surface area is 198 Å². The molecule has 6 heteroatoms. The van der Waals surface area contributed by atoms with Crippen molar-refractivity contribution in [1.29, 1.82) is 0 Å². The second-order valence-electron chi connectivity index (χ2n) is 9.58. The van der Waals surface area contributed by atoms with Gasteiger partial charge in [-0.05, 0) is 60.8 Å². The lowest BCUT2D eigenvalue weighted by Gasteiger charge is -2.27. The molecule has 4 heterocycles. The Morgan fingerprint density at radius 1 is 0.636 bits per heavy atom. The molecule has 3 aromatic heterocycles. The number of aromatic nitrogens is 3. The van der Waals surface area contributed by atoms with Crippen LogP contribution in [0.2, 0.25) is 0 Å². The maximum Gasteiger partial charge on any atom is 0.0313 e. The summed E-state index contributed by atoms with van der Waals surface area (Å²) in [5.41, 5.74) is 7.50. The molecule has 3 aromatic rings. The highest BCUT2D eigenvalue weighted by atomic mass is 15.1. The molecular weight excluding hydrogens is 408 g/mol. The van der Waals surface area contributed by atoms with Gasteiger partial charge in [0, 0.05) is 82.5 Å².